The smallest absolute Gasteiger partial charge is 0.445 e. The van der Waals surface area contributed by atoms with E-state index in [1.54, 1.807) is 33.4 Å². The molecule has 18 aliphatic rings. The molecule has 2 amide bonds. The number of hydrogen-bond donors (Lipinski definition) is 4. The van der Waals surface area contributed by atoms with Crippen molar-refractivity contribution in [3.63, 3.8) is 0 Å². The van der Waals surface area contributed by atoms with Gasteiger partial charge >= 0.3 is 12.2 Å². The van der Waals surface area contributed by atoms with Crippen molar-refractivity contribution in [2.24, 2.45) is 105 Å². The Hall–Kier alpha value is -5.09. The second-order valence-electron chi connectivity index (χ2n) is 41.3. The molecule has 11 aliphatic carbocycles. The lowest BCUT2D eigenvalue weighted by atomic mass is 9.56. The van der Waals surface area contributed by atoms with Gasteiger partial charge in [-0.1, -0.05) is 169 Å². The molecule has 7 aliphatic heterocycles. The number of aliphatic hydroxyl groups excluding tert-OH is 1. The van der Waals surface area contributed by atoms with Gasteiger partial charge in [0.2, 0.25) is 5.91 Å². The van der Waals surface area contributed by atoms with Gasteiger partial charge in [0.15, 0.2) is 0 Å². The molecule has 14 heteroatoms. The van der Waals surface area contributed by atoms with Crippen LogP contribution in [-0.4, -0.2) is 119 Å². The van der Waals surface area contributed by atoms with Gasteiger partial charge in [0.05, 0.1) is 47.3 Å². The predicted octanol–water partition coefficient (Wildman–Crippen LogP) is 19.0. The van der Waals surface area contributed by atoms with Crippen molar-refractivity contribution in [1.82, 2.24) is 20.9 Å². The second kappa shape index (κ2) is 29.5. The highest BCUT2D eigenvalue weighted by Crippen LogP contribution is 2.69. The Labute approximate surface area is 664 Å². The number of rotatable bonds is 5. The number of likely N-dealkylation sites (tertiary alicyclic amines) is 1. The summed E-state index contributed by atoms with van der Waals surface area (Å²) in [5.41, 5.74) is 15.3. The number of carbonyl (C=O) groups excluding carboxylic acids is 3. The van der Waals surface area contributed by atoms with Crippen LogP contribution in [0.15, 0.2) is 117 Å². The van der Waals surface area contributed by atoms with Crippen molar-refractivity contribution in [3.8, 4) is 0 Å². The fourth-order valence-corrected chi connectivity index (χ4v) is 29.7. The van der Waals surface area contributed by atoms with E-state index in [1.807, 2.05) is 65.6 Å². The van der Waals surface area contributed by atoms with Crippen LogP contribution < -0.4 is 16.0 Å². The Bertz CT molecular complexity index is 4040. The van der Waals surface area contributed by atoms with Gasteiger partial charge in [0.25, 0.3) is 0 Å². The minimum Gasteiger partial charge on any atom is -0.445 e. The minimum absolute atomic E-state index is 0.0192. The third kappa shape index (κ3) is 13.0. The largest absolute Gasteiger partial charge is 0.508 e. The van der Waals surface area contributed by atoms with Gasteiger partial charge in [-0.2, -0.15) is 0 Å². The molecule has 4 N–H and O–H groups in total. The normalized spacial score (nSPS) is 46.7. The summed E-state index contributed by atoms with van der Waals surface area (Å²) in [6.07, 6.45) is 32.6. The molecule has 2 aromatic rings. The number of hydrogen-bond acceptors (Lipinski definition) is 12. The first-order valence-corrected chi connectivity index (χ1v) is 45.1. The maximum atomic E-state index is 13.6. The van der Waals surface area contributed by atoms with E-state index in [2.05, 4.69) is 111 Å². The Morgan fingerprint density at radius 2 is 1.11 bits per heavy atom. The van der Waals surface area contributed by atoms with E-state index in [-0.39, 0.29) is 77.7 Å². The lowest BCUT2D eigenvalue weighted by Gasteiger charge is -2.52. The summed E-state index contributed by atoms with van der Waals surface area (Å²) < 4.78 is 38.5. The number of aliphatic hydroxyl groups is 1. The molecule has 604 valence electrons. The van der Waals surface area contributed by atoms with Crippen molar-refractivity contribution in [3.05, 3.63) is 129 Å². The summed E-state index contributed by atoms with van der Waals surface area (Å²) >= 11 is 0. The zero-order valence-corrected chi connectivity index (χ0v) is 69.6. The number of allylic oxidation sites excluding steroid dienone is 5. The second-order valence-corrected chi connectivity index (χ2v) is 41.3. The Balaban J connectivity index is 0.000000122. The van der Waals surface area contributed by atoms with E-state index < -0.39 is 6.16 Å². The fourth-order valence-electron chi connectivity index (χ4n) is 29.7. The third-order valence-electron chi connectivity index (χ3n) is 35.8. The topological polar surface area (TPSA) is 166 Å². The first-order chi connectivity index (χ1) is 53.3. The van der Waals surface area contributed by atoms with Crippen molar-refractivity contribution < 1.29 is 47.9 Å². The average molecular weight is 1520 g/mol. The molecule has 6 saturated carbocycles. The molecule has 0 bridgehead atoms. The number of nitrogens with one attached hydrogen (secondary N) is 3. The SMILES string of the molecule is CC1=C2C[C@H]3[C@@H](CC=C4C[C@@H](O)CC[C@@]43C)[C@@H]2CC[C@]12O[C@@H]1C[C@H](C)CN[C@H]1[C@H]2C.CC1=C2C[C@H]3[C@@H](CC=C4C[C@@H](OC(=O)OCc5ccccc5)CC[C@@]43C)[C@@H]2CC[C@]12O[C@@H]1C[C@H](C)CN(C(=O)OCc3ccccc3)[C@H]1[C@H]2C.CC1=C2C[C@H]3[C@@H](CC[C@H]4NC(=O)CC[C@@]43C)[C@@H]2CC[C@@]2(C1)O[C@@H]1C[C@H](C)CN[C@H]1[C@H]2C. The van der Waals surface area contributed by atoms with Crippen LogP contribution in [0, 0.1) is 105 Å². The molecule has 0 unspecified atom stereocenters. The van der Waals surface area contributed by atoms with Gasteiger partial charge in [-0.15, -0.1) is 0 Å². The summed E-state index contributed by atoms with van der Waals surface area (Å²) in [5, 5.41) is 21.3. The van der Waals surface area contributed by atoms with Gasteiger partial charge in [0, 0.05) is 55.3 Å². The number of amides is 2. The van der Waals surface area contributed by atoms with Crippen LogP contribution in [0.3, 0.4) is 0 Å². The molecule has 20 rings (SSSR count). The summed E-state index contributed by atoms with van der Waals surface area (Å²) in [5.74, 6) is 9.93. The molecule has 111 heavy (non-hydrogen) atoms. The lowest BCUT2D eigenvalue weighted by molar-refractivity contribution is -0.130. The average Bonchev–Trinajstić information content (AvgIpc) is 1.55. The Morgan fingerprint density at radius 3 is 1.76 bits per heavy atom. The zero-order chi connectivity index (χ0) is 77.0. The predicted molar refractivity (Wildman–Crippen MR) is 433 cm³/mol. The van der Waals surface area contributed by atoms with E-state index in [0.717, 1.165) is 155 Å². The van der Waals surface area contributed by atoms with E-state index in [4.69, 9.17) is 28.4 Å². The third-order valence-corrected chi connectivity index (χ3v) is 35.8. The fraction of sp³-hybridized carbons (Fsp3) is 0.742. The van der Waals surface area contributed by atoms with E-state index in [9.17, 15) is 19.5 Å². The van der Waals surface area contributed by atoms with Crippen molar-refractivity contribution in [1.29, 1.82) is 0 Å². The number of nitrogens with zero attached hydrogens (tertiary/aromatic N) is 1. The van der Waals surface area contributed by atoms with Crippen LogP contribution in [0.4, 0.5) is 9.59 Å². The highest BCUT2D eigenvalue weighted by atomic mass is 16.7. The molecule has 14 nitrogen and oxygen atoms in total. The van der Waals surface area contributed by atoms with Crippen LogP contribution in [0.2, 0.25) is 0 Å². The van der Waals surface area contributed by atoms with Gasteiger partial charge in [-0.3, -0.25) is 4.79 Å². The van der Waals surface area contributed by atoms with Crippen LogP contribution in [-0.2, 0) is 46.4 Å². The van der Waals surface area contributed by atoms with Gasteiger partial charge in [-0.05, 0) is 291 Å². The molecule has 13 fully saturated rings. The lowest BCUT2D eigenvalue weighted by Crippen LogP contribution is -2.57. The van der Waals surface area contributed by atoms with Crippen molar-refractivity contribution in [2.75, 3.05) is 19.6 Å². The van der Waals surface area contributed by atoms with Gasteiger partial charge in [0.1, 0.15) is 19.3 Å². The van der Waals surface area contributed by atoms with Gasteiger partial charge < -0.3 is 54.4 Å². The molecule has 0 radical (unpaired) electrons. The first kappa shape index (κ1) is 77.2. The standard InChI is InChI=1S/C43H53NO6.C27H42N2O2.C27H41NO2/c1-27-21-38-39(44(24-27)40(45)47-25-30-11-7-5-8-12-30)29(3)43(50-38)20-18-34-35-16-15-32-22-33(49-41(46)48-26-31-13-9-6-10-14-31)17-19-42(32,4)37(35)23-36(34)28(43)2;1-15-11-22-25(28-14-15)17(3)27(31-22)10-7-18-19-5-6-23-26(4,9-8-24(30)29-23)21(19)12-20(18)16(2)13-27;1-15-11-24-25(28-14-15)17(3)27(30-24)10-8-20-21-6-5-18-12-19(29)7-9-26(18,4)23(21)13-22(20)16(27)2/h5-15,27,29,33-35,37-39H,16-26H2,1-4H3;15,17-19,21-23,25,28H,5-14H2,1-4H3,(H,29,30);5,15,17,19-21,23-25,28-29H,6-14H2,1-4H3/t27-,29+,33-,34-,35-,37-,38+,39-,42-,43-;15-,17+,18-,19-,21-,22+,23+,25-,26+,27-;15-,17+,19-,20-,21-,23-,24+,25-,26-,27-/m000/s1. The van der Waals surface area contributed by atoms with Crippen molar-refractivity contribution >= 4 is 18.2 Å². The molecule has 3 spiro atoms. The summed E-state index contributed by atoms with van der Waals surface area (Å²) in [6.45, 7) is 32.5. The molecular formula is C97H136N4O10. The van der Waals surface area contributed by atoms with Crippen LogP contribution >= 0.6 is 0 Å². The first-order valence-electron chi connectivity index (χ1n) is 45.1. The highest BCUT2D eigenvalue weighted by Gasteiger charge is 2.66. The molecular weight excluding hydrogens is 1380 g/mol. The van der Waals surface area contributed by atoms with Crippen LogP contribution in [0.1, 0.15) is 255 Å². The van der Waals surface area contributed by atoms with Gasteiger partial charge in [-0.25, -0.2) is 9.59 Å². The number of ether oxygens (including phenoxy) is 6. The van der Waals surface area contributed by atoms with Crippen molar-refractivity contribution in [2.45, 2.75) is 328 Å². The maximum Gasteiger partial charge on any atom is 0.508 e. The van der Waals surface area contributed by atoms with Crippen LogP contribution in [0.5, 0.6) is 0 Å². The Kier molecular flexibility index (Phi) is 20.5. The Morgan fingerprint density at radius 1 is 0.559 bits per heavy atom. The molecule has 2 aromatic carbocycles. The summed E-state index contributed by atoms with van der Waals surface area (Å²) in [4.78, 5) is 40.3. The van der Waals surface area contributed by atoms with E-state index in [1.165, 1.54) is 88.2 Å². The maximum absolute atomic E-state index is 13.6. The molecule has 7 saturated heterocycles. The number of piperidine rings is 4. The quantitative estimate of drug-likeness (QED) is 0.166. The van der Waals surface area contributed by atoms with Crippen LogP contribution in [0.25, 0.3) is 0 Å². The number of carbonyl (C=O) groups is 3. The number of benzene rings is 2. The minimum atomic E-state index is -0.571. The summed E-state index contributed by atoms with van der Waals surface area (Å²) in [7, 11) is 0. The molecule has 7 heterocycles. The molecule has 0 aromatic heterocycles. The summed E-state index contributed by atoms with van der Waals surface area (Å²) in [6, 6.07) is 21.2. The van der Waals surface area contributed by atoms with E-state index >= 15 is 0 Å². The highest BCUT2D eigenvalue weighted by molar-refractivity contribution is 5.77. The zero-order valence-electron chi connectivity index (χ0n) is 69.6. The molecule has 30 atom stereocenters. The number of fused-ring (bicyclic) bond motifs is 18. The van der Waals surface area contributed by atoms with E-state index in [0.29, 0.717) is 83.2 Å². The monoisotopic (exact) mass is 1520 g/mol.